The van der Waals surface area contributed by atoms with Gasteiger partial charge in [-0.1, -0.05) is 22.8 Å². The van der Waals surface area contributed by atoms with E-state index in [4.69, 9.17) is 4.42 Å². The summed E-state index contributed by atoms with van der Waals surface area (Å²) >= 11 is 0. The van der Waals surface area contributed by atoms with Gasteiger partial charge in [-0.15, -0.1) is 0 Å². The molecular weight excluding hydrogens is 278 g/mol. The second-order valence-electron chi connectivity index (χ2n) is 5.41. The Kier molecular flexibility index (Phi) is 4.18. The van der Waals surface area contributed by atoms with Crippen molar-refractivity contribution in [3.63, 3.8) is 0 Å². The highest BCUT2D eigenvalue weighted by atomic mass is 16.3. The molecule has 0 saturated carbocycles. The first-order valence-corrected chi connectivity index (χ1v) is 7.37. The molecule has 0 bridgehead atoms. The number of anilines is 1. The molecule has 0 aliphatic heterocycles. The van der Waals surface area contributed by atoms with Crippen LogP contribution in [0.5, 0.6) is 0 Å². The molecule has 2 aromatic heterocycles. The van der Waals surface area contributed by atoms with E-state index in [1.807, 2.05) is 36.4 Å². The van der Waals surface area contributed by atoms with Crippen LogP contribution in [0.1, 0.15) is 24.7 Å². The summed E-state index contributed by atoms with van der Waals surface area (Å²) in [7, 11) is 0. The third kappa shape index (κ3) is 3.33. The standard InChI is InChI=1S/C16H19N5O/c1-12-5-8-14(9-6-12)21-16(18-19-20-21)17-13(2)7-10-15-4-3-11-22-15/h3-6,8-9,11,13H,7,10H2,1-2H3,(H,17,18,20). The lowest BCUT2D eigenvalue weighted by Gasteiger charge is -2.13. The van der Waals surface area contributed by atoms with Crippen LogP contribution < -0.4 is 5.32 Å². The first-order chi connectivity index (χ1) is 10.7. The van der Waals surface area contributed by atoms with Crippen molar-refractivity contribution in [2.45, 2.75) is 32.7 Å². The molecule has 6 nitrogen and oxygen atoms in total. The van der Waals surface area contributed by atoms with E-state index in [0.717, 1.165) is 24.3 Å². The maximum Gasteiger partial charge on any atom is 0.247 e. The largest absolute Gasteiger partial charge is 0.469 e. The van der Waals surface area contributed by atoms with Crippen LogP contribution in [0, 0.1) is 6.92 Å². The molecule has 114 valence electrons. The van der Waals surface area contributed by atoms with Gasteiger partial charge < -0.3 is 9.73 Å². The van der Waals surface area contributed by atoms with Crippen LogP contribution >= 0.6 is 0 Å². The van der Waals surface area contributed by atoms with Crippen LogP contribution in [-0.2, 0) is 6.42 Å². The van der Waals surface area contributed by atoms with Gasteiger partial charge >= 0.3 is 0 Å². The molecule has 6 heteroatoms. The minimum Gasteiger partial charge on any atom is -0.469 e. The van der Waals surface area contributed by atoms with Crippen molar-refractivity contribution in [3.8, 4) is 5.69 Å². The smallest absolute Gasteiger partial charge is 0.247 e. The molecule has 0 fully saturated rings. The Morgan fingerprint density at radius 2 is 2.05 bits per heavy atom. The maximum atomic E-state index is 5.35. The van der Waals surface area contributed by atoms with E-state index in [-0.39, 0.29) is 6.04 Å². The number of nitrogens with zero attached hydrogens (tertiary/aromatic N) is 4. The van der Waals surface area contributed by atoms with Gasteiger partial charge in [0.15, 0.2) is 0 Å². The molecule has 0 radical (unpaired) electrons. The van der Waals surface area contributed by atoms with Crippen LogP contribution in [0.3, 0.4) is 0 Å². The molecule has 22 heavy (non-hydrogen) atoms. The van der Waals surface area contributed by atoms with E-state index in [0.29, 0.717) is 5.95 Å². The van der Waals surface area contributed by atoms with Crippen molar-refractivity contribution >= 4 is 5.95 Å². The van der Waals surface area contributed by atoms with Gasteiger partial charge in [0.2, 0.25) is 5.95 Å². The third-order valence-corrected chi connectivity index (χ3v) is 3.53. The Morgan fingerprint density at radius 1 is 1.23 bits per heavy atom. The molecule has 3 rings (SSSR count). The lowest BCUT2D eigenvalue weighted by molar-refractivity contribution is 0.494. The molecule has 0 aliphatic carbocycles. The Balaban J connectivity index is 1.65. The minimum absolute atomic E-state index is 0.236. The van der Waals surface area contributed by atoms with E-state index < -0.39 is 0 Å². The molecule has 0 spiro atoms. The zero-order valence-corrected chi connectivity index (χ0v) is 12.7. The highest BCUT2D eigenvalue weighted by Crippen LogP contribution is 2.14. The van der Waals surface area contributed by atoms with Crippen LogP contribution in [0.25, 0.3) is 5.69 Å². The summed E-state index contributed by atoms with van der Waals surface area (Å²) < 4.78 is 7.06. The van der Waals surface area contributed by atoms with Crippen LogP contribution in [-0.4, -0.2) is 26.2 Å². The van der Waals surface area contributed by atoms with Crippen LogP contribution in [0.2, 0.25) is 0 Å². The molecule has 3 aromatic rings. The van der Waals surface area contributed by atoms with E-state index >= 15 is 0 Å². The van der Waals surface area contributed by atoms with Crippen molar-refractivity contribution in [1.82, 2.24) is 20.2 Å². The van der Waals surface area contributed by atoms with Crippen molar-refractivity contribution in [2.75, 3.05) is 5.32 Å². The quantitative estimate of drug-likeness (QED) is 0.757. The maximum absolute atomic E-state index is 5.35. The van der Waals surface area contributed by atoms with Gasteiger partial charge in [0.1, 0.15) is 5.76 Å². The van der Waals surface area contributed by atoms with Crippen molar-refractivity contribution in [3.05, 3.63) is 54.0 Å². The number of rotatable bonds is 6. The molecule has 1 N–H and O–H groups in total. The van der Waals surface area contributed by atoms with Crippen molar-refractivity contribution in [2.24, 2.45) is 0 Å². The van der Waals surface area contributed by atoms with E-state index in [1.165, 1.54) is 5.56 Å². The van der Waals surface area contributed by atoms with E-state index in [9.17, 15) is 0 Å². The predicted octanol–water partition coefficient (Wildman–Crippen LogP) is 3.00. The summed E-state index contributed by atoms with van der Waals surface area (Å²) in [4.78, 5) is 0. The van der Waals surface area contributed by atoms with E-state index in [2.05, 4.69) is 34.7 Å². The fourth-order valence-corrected chi connectivity index (χ4v) is 2.24. The Labute approximate surface area is 129 Å². The molecule has 0 aliphatic rings. The van der Waals surface area contributed by atoms with Gasteiger partial charge in [0, 0.05) is 12.5 Å². The number of hydrogen-bond acceptors (Lipinski definition) is 5. The van der Waals surface area contributed by atoms with Crippen molar-refractivity contribution in [1.29, 1.82) is 0 Å². The minimum atomic E-state index is 0.236. The first-order valence-electron chi connectivity index (χ1n) is 7.37. The zero-order valence-electron chi connectivity index (χ0n) is 12.7. The van der Waals surface area contributed by atoms with Crippen LogP contribution in [0.15, 0.2) is 47.1 Å². The Hall–Kier alpha value is -2.63. The normalized spacial score (nSPS) is 12.3. The topological polar surface area (TPSA) is 68.8 Å². The molecule has 0 saturated heterocycles. The Morgan fingerprint density at radius 3 is 2.77 bits per heavy atom. The summed E-state index contributed by atoms with van der Waals surface area (Å²) in [5.41, 5.74) is 2.15. The third-order valence-electron chi connectivity index (χ3n) is 3.53. The molecule has 1 unspecified atom stereocenters. The summed E-state index contributed by atoms with van der Waals surface area (Å²) in [5.74, 6) is 1.64. The average Bonchev–Trinajstić information content (AvgIpc) is 3.17. The summed E-state index contributed by atoms with van der Waals surface area (Å²) in [6.45, 7) is 4.16. The number of aryl methyl sites for hydroxylation is 2. The van der Waals surface area contributed by atoms with Gasteiger partial charge in [-0.25, -0.2) is 0 Å². The van der Waals surface area contributed by atoms with Gasteiger partial charge in [-0.3, -0.25) is 0 Å². The highest BCUT2D eigenvalue weighted by molar-refractivity contribution is 5.40. The zero-order chi connectivity index (χ0) is 15.4. The number of hydrogen-bond donors (Lipinski definition) is 1. The monoisotopic (exact) mass is 297 g/mol. The second kappa shape index (κ2) is 6.43. The van der Waals surface area contributed by atoms with Crippen LogP contribution in [0.4, 0.5) is 5.95 Å². The summed E-state index contributed by atoms with van der Waals surface area (Å²) in [5, 5.41) is 15.2. The fraction of sp³-hybridized carbons (Fsp3) is 0.312. The van der Waals surface area contributed by atoms with Gasteiger partial charge in [0.05, 0.1) is 12.0 Å². The lowest BCUT2D eigenvalue weighted by atomic mass is 10.1. The van der Waals surface area contributed by atoms with E-state index in [1.54, 1.807) is 10.9 Å². The Bertz CT molecular complexity index is 702. The molecule has 1 aromatic carbocycles. The molecular formula is C16H19N5O. The summed E-state index contributed by atoms with van der Waals surface area (Å²) in [6, 6.07) is 12.2. The number of tetrazole rings is 1. The number of furan rings is 1. The molecule has 0 amide bonds. The summed E-state index contributed by atoms with van der Waals surface area (Å²) in [6.07, 6.45) is 3.52. The van der Waals surface area contributed by atoms with Crippen molar-refractivity contribution < 1.29 is 4.42 Å². The second-order valence-corrected chi connectivity index (χ2v) is 5.41. The van der Waals surface area contributed by atoms with Gasteiger partial charge in [-0.05, 0) is 55.0 Å². The first kappa shape index (κ1) is 14.3. The molecule has 1 atom stereocenters. The SMILES string of the molecule is Cc1ccc(-n2nnnc2NC(C)CCc2ccco2)cc1. The highest BCUT2D eigenvalue weighted by Gasteiger charge is 2.11. The lowest BCUT2D eigenvalue weighted by Crippen LogP contribution is -2.19. The fourth-order valence-electron chi connectivity index (χ4n) is 2.24. The number of benzene rings is 1. The number of aromatic nitrogens is 4. The average molecular weight is 297 g/mol. The molecule has 2 heterocycles. The van der Waals surface area contributed by atoms with Gasteiger partial charge in [0.25, 0.3) is 0 Å². The van der Waals surface area contributed by atoms with Gasteiger partial charge in [-0.2, -0.15) is 4.68 Å². The predicted molar refractivity (Wildman–Crippen MR) is 84.0 cm³/mol. The number of nitrogens with one attached hydrogen (secondary N) is 1.